The molecule has 4 rings (SSSR count). The van der Waals surface area contributed by atoms with E-state index in [1.807, 2.05) is 34.9 Å². The van der Waals surface area contributed by atoms with Crippen molar-refractivity contribution in [2.45, 2.75) is 13.0 Å². The zero-order chi connectivity index (χ0) is 21.1. The number of benzene rings is 2. The Morgan fingerprint density at radius 1 is 1.20 bits per heavy atom. The van der Waals surface area contributed by atoms with Crippen molar-refractivity contribution in [3.8, 4) is 11.4 Å². The van der Waals surface area contributed by atoms with Crippen LogP contribution in [0.2, 0.25) is 0 Å². The predicted molar refractivity (Wildman–Crippen MR) is 106 cm³/mol. The molecule has 0 aliphatic carbocycles. The first kappa shape index (κ1) is 19.7. The molecule has 154 valence electrons. The Morgan fingerprint density at radius 2 is 1.97 bits per heavy atom. The van der Waals surface area contributed by atoms with Gasteiger partial charge >= 0.3 is 6.43 Å². The fourth-order valence-corrected chi connectivity index (χ4v) is 3.16. The molecule has 0 saturated heterocycles. The quantitative estimate of drug-likeness (QED) is 0.482. The van der Waals surface area contributed by atoms with Crippen LogP contribution in [0.3, 0.4) is 0 Å². The molecule has 2 aromatic carbocycles. The summed E-state index contributed by atoms with van der Waals surface area (Å²) in [5, 5.41) is 7.35. The van der Waals surface area contributed by atoms with Gasteiger partial charge in [0, 0.05) is 35.8 Å². The van der Waals surface area contributed by atoms with Gasteiger partial charge in [-0.05, 0) is 36.4 Å². The summed E-state index contributed by atoms with van der Waals surface area (Å²) in [7, 11) is 1.61. The van der Waals surface area contributed by atoms with Gasteiger partial charge in [0.05, 0.1) is 6.61 Å². The van der Waals surface area contributed by atoms with Crippen molar-refractivity contribution in [3.05, 3.63) is 66.2 Å². The maximum Gasteiger partial charge on any atom is 0.315 e. The van der Waals surface area contributed by atoms with E-state index >= 15 is 0 Å². The largest absolute Gasteiger partial charge is 0.383 e. The molecule has 0 atom stereocenters. The Hall–Kier alpha value is -3.59. The number of hydrogen-bond donors (Lipinski definition) is 1. The van der Waals surface area contributed by atoms with Gasteiger partial charge in [-0.15, -0.1) is 0 Å². The number of nitrogens with zero attached hydrogens (tertiary/aromatic N) is 3. The van der Waals surface area contributed by atoms with Crippen LogP contribution in [0.4, 0.5) is 14.5 Å². The number of carbonyl (C=O) groups is 1. The van der Waals surface area contributed by atoms with E-state index in [4.69, 9.17) is 4.74 Å². The summed E-state index contributed by atoms with van der Waals surface area (Å²) in [4.78, 5) is 16.6. The smallest absolute Gasteiger partial charge is 0.315 e. The van der Waals surface area contributed by atoms with E-state index in [-0.39, 0.29) is 11.7 Å². The Labute approximate surface area is 170 Å². The molecule has 4 aromatic rings. The molecule has 0 spiro atoms. The summed E-state index contributed by atoms with van der Waals surface area (Å²) in [6, 6.07) is 16.1. The first-order valence-corrected chi connectivity index (χ1v) is 9.17. The van der Waals surface area contributed by atoms with Crippen LogP contribution in [-0.2, 0) is 11.3 Å². The summed E-state index contributed by atoms with van der Waals surface area (Å²) in [6.45, 7) is 1.01. The van der Waals surface area contributed by atoms with Crippen molar-refractivity contribution in [2.24, 2.45) is 0 Å². The van der Waals surface area contributed by atoms with Crippen molar-refractivity contribution >= 4 is 22.5 Å². The van der Waals surface area contributed by atoms with Crippen LogP contribution >= 0.6 is 0 Å². The number of para-hydroxylation sites is 1. The highest BCUT2D eigenvalue weighted by Gasteiger charge is 2.18. The van der Waals surface area contributed by atoms with Gasteiger partial charge in [0.1, 0.15) is 5.69 Å². The molecule has 0 saturated carbocycles. The highest BCUT2D eigenvalue weighted by Crippen LogP contribution is 2.24. The van der Waals surface area contributed by atoms with Crippen LogP contribution in [-0.4, -0.2) is 34.3 Å². The van der Waals surface area contributed by atoms with Crippen LogP contribution in [0.15, 0.2) is 59.1 Å². The van der Waals surface area contributed by atoms with Crippen molar-refractivity contribution in [1.82, 2.24) is 14.7 Å². The van der Waals surface area contributed by atoms with Crippen molar-refractivity contribution in [1.29, 1.82) is 0 Å². The van der Waals surface area contributed by atoms with E-state index in [2.05, 4.69) is 20.0 Å². The molecule has 0 fully saturated rings. The maximum atomic E-state index is 12.9. The predicted octanol–water partition coefficient (Wildman–Crippen LogP) is 4.53. The third kappa shape index (κ3) is 3.92. The molecule has 7 nitrogen and oxygen atoms in total. The first-order valence-electron chi connectivity index (χ1n) is 9.17. The molecule has 1 amide bonds. The Kier molecular flexibility index (Phi) is 5.53. The van der Waals surface area contributed by atoms with Crippen molar-refractivity contribution in [2.75, 3.05) is 19.0 Å². The average Bonchev–Trinajstić information content (AvgIpc) is 3.38. The van der Waals surface area contributed by atoms with Gasteiger partial charge in [0.2, 0.25) is 5.82 Å². The number of hydrogen-bond acceptors (Lipinski definition) is 5. The van der Waals surface area contributed by atoms with E-state index in [1.54, 1.807) is 31.4 Å². The standard InChI is InChI=1S/C21H18F2N4O3/c1-29-11-10-27-16-5-3-2-4-14(16)12-17(27)20(28)24-15-8-6-13(7-9-15)19-25-21(18(22)23)30-26-19/h2-9,12,18H,10-11H2,1H3,(H,24,28). The molecule has 2 heterocycles. The third-order valence-electron chi connectivity index (χ3n) is 4.59. The van der Waals surface area contributed by atoms with E-state index in [0.717, 1.165) is 10.9 Å². The lowest BCUT2D eigenvalue weighted by molar-refractivity contribution is 0.101. The fraction of sp³-hybridized carbons (Fsp3) is 0.190. The number of rotatable bonds is 7. The Bertz CT molecular complexity index is 1170. The molecule has 9 heteroatoms. The van der Waals surface area contributed by atoms with Gasteiger partial charge in [-0.1, -0.05) is 23.4 Å². The van der Waals surface area contributed by atoms with Crippen molar-refractivity contribution < 1.29 is 22.8 Å². The monoisotopic (exact) mass is 412 g/mol. The molecule has 0 unspecified atom stereocenters. The molecular weight excluding hydrogens is 394 g/mol. The first-order chi connectivity index (χ1) is 14.6. The Morgan fingerprint density at radius 3 is 2.67 bits per heavy atom. The second kappa shape index (κ2) is 8.42. The van der Waals surface area contributed by atoms with E-state index in [9.17, 15) is 13.6 Å². The minimum absolute atomic E-state index is 0.0582. The number of amides is 1. The molecular formula is C21H18F2N4O3. The second-order valence-corrected chi connectivity index (χ2v) is 6.52. The number of carbonyl (C=O) groups excluding carboxylic acids is 1. The zero-order valence-corrected chi connectivity index (χ0v) is 16.0. The van der Waals surface area contributed by atoms with Crippen molar-refractivity contribution in [3.63, 3.8) is 0 Å². The number of ether oxygens (including phenoxy) is 1. The number of fused-ring (bicyclic) bond motifs is 1. The van der Waals surface area contributed by atoms with Gasteiger partial charge in [-0.3, -0.25) is 4.79 Å². The number of methoxy groups -OCH3 is 1. The average molecular weight is 412 g/mol. The van der Waals surface area contributed by atoms with Gasteiger partial charge < -0.3 is 19.1 Å². The molecule has 2 aromatic heterocycles. The van der Waals surface area contributed by atoms with Crippen LogP contribution in [0.25, 0.3) is 22.3 Å². The molecule has 0 bridgehead atoms. The normalized spacial score (nSPS) is 11.3. The lowest BCUT2D eigenvalue weighted by Gasteiger charge is -2.11. The third-order valence-corrected chi connectivity index (χ3v) is 4.59. The SMILES string of the molecule is COCCn1c(C(=O)Nc2ccc(-c3noc(C(F)F)n3)cc2)cc2ccccc21. The van der Waals surface area contributed by atoms with E-state index in [1.165, 1.54) is 0 Å². The highest BCUT2D eigenvalue weighted by atomic mass is 19.3. The summed E-state index contributed by atoms with van der Waals surface area (Å²) >= 11 is 0. The number of alkyl halides is 2. The number of halogens is 2. The minimum atomic E-state index is -2.82. The highest BCUT2D eigenvalue weighted by molar-refractivity contribution is 6.06. The minimum Gasteiger partial charge on any atom is -0.383 e. The molecule has 0 radical (unpaired) electrons. The molecule has 0 aliphatic heterocycles. The zero-order valence-electron chi connectivity index (χ0n) is 16.0. The second-order valence-electron chi connectivity index (χ2n) is 6.52. The lowest BCUT2D eigenvalue weighted by Crippen LogP contribution is -2.18. The topological polar surface area (TPSA) is 82.2 Å². The summed E-state index contributed by atoms with van der Waals surface area (Å²) in [6.07, 6.45) is -2.82. The van der Waals surface area contributed by atoms with Gasteiger partial charge in [0.15, 0.2) is 0 Å². The van der Waals surface area contributed by atoms with Gasteiger partial charge in [0.25, 0.3) is 11.8 Å². The number of aromatic nitrogens is 3. The summed E-state index contributed by atoms with van der Waals surface area (Å²) < 4.78 is 36.8. The van der Waals surface area contributed by atoms with E-state index in [0.29, 0.717) is 30.1 Å². The van der Waals surface area contributed by atoms with Gasteiger partial charge in [-0.2, -0.15) is 13.8 Å². The molecule has 30 heavy (non-hydrogen) atoms. The van der Waals surface area contributed by atoms with Crippen LogP contribution < -0.4 is 5.32 Å². The number of nitrogens with one attached hydrogen (secondary N) is 1. The molecule has 0 aliphatic rings. The molecule has 1 N–H and O–H groups in total. The van der Waals surface area contributed by atoms with E-state index < -0.39 is 12.3 Å². The summed E-state index contributed by atoms with van der Waals surface area (Å²) in [5.41, 5.74) is 2.50. The van der Waals surface area contributed by atoms with Crippen LogP contribution in [0.5, 0.6) is 0 Å². The fourth-order valence-electron chi connectivity index (χ4n) is 3.16. The van der Waals surface area contributed by atoms with Crippen LogP contribution in [0, 0.1) is 0 Å². The van der Waals surface area contributed by atoms with Crippen LogP contribution in [0.1, 0.15) is 22.8 Å². The maximum absolute atomic E-state index is 12.9. The summed E-state index contributed by atoms with van der Waals surface area (Å²) in [5.74, 6) is -0.941. The Balaban J connectivity index is 1.55. The van der Waals surface area contributed by atoms with Gasteiger partial charge in [-0.25, -0.2) is 0 Å². The lowest BCUT2D eigenvalue weighted by atomic mass is 10.2. The number of anilines is 1.